The van der Waals surface area contributed by atoms with Gasteiger partial charge >= 0.3 is 5.97 Å². The first-order chi connectivity index (χ1) is 12.1. The molecule has 26 heavy (non-hydrogen) atoms. The van der Waals surface area contributed by atoms with Crippen LogP contribution in [0.4, 0.5) is 0 Å². The van der Waals surface area contributed by atoms with Crippen molar-refractivity contribution in [3.05, 3.63) is 29.8 Å². The van der Waals surface area contributed by atoms with Gasteiger partial charge in [-0.25, -0.2) is 8.42 Å². The Hall–Kier alpha value is -1.93. The molecule has 1 heterocycles. The maximum atomic E-state index is 12.7. The van der Waals surface area contributed by atoms with E-state index in [1.807, 2.05) is 0 Å². The predicted octanol–water partition coefficient (Wildman–Crippen LogP) is 2.04. The SMILES string of the molecule is CC(C)N(C)S(=O)(=O)c1cccc(C(=O)N2CCC(CC(=O)O)CC2)c1. The number of hydrogen-bond donors (Lipinski definition) is 1. The molecule has 1 saturated heterocycles. The van der Waals surface area contributed by atoms with E-state index in [-0.39, 0.29) is 29.2 Å². The van der Waals surface area contributed by atoms with Crippen LogP contribution >= 0.6 is 0 Å². The number of benzene rings is 1. The number of carbonyl (C=O) groups is 2. The lowest BCUT2D eigenvalue weighted by Gasteiger charge is -2.31. The zero-order chi connectivity index (χ0) is 19.5. The Morgan fingerprint density at radius 2 is 1.88 bits per heavy atom. The number of carboxylic acids is 1. The van der Waals surface area contributed by atoms with Crippen molar-refractivity contribution in [1.82, 2.24) is 9.21 Å². The van der Waals surface area contributed by atoms with Crippen molar-refractivity contribution >= 4 is 21.9 Å². The van der Waals surface area contributed by atoms with Crippen LogP contribution in [0, 0.1) is 5.92 Å². The molecule has 8 heteroatoms. The van der Waals surface area contributed by atoms with E-state index in [9.17, 15) is 18.0 Å². The summed E-state index contributed by atoms with van der Waals surface area (Å²) >= 11 is 0. The summed E-state index contributed by atoms with van der Waals surface area (Å²) in [6.07, 6.45) is 1.41. The summed E-state index contributed by atoms with van der Waals surface area (Å²) in [6.45, 7) is 4.54. The highest BCUT2D eigenvalue weighted by Crippen LogP contribution is 2.23. The van der Waals surface area contributed by atoms with Gasteiger partial charge in [-0.15, -0.1) is 0 Å². The van der Waals surface area contributed by atoms with Crippen molar-refractivity contribution in [3.8, 4) is 0 Å². The minimum Gasteiger partial charge on any atom is -0.481 e. The van der Waals surface area contributed by atoms with Crippen LogP contribution in [-0.4, -0.2) is 60.8 Å². The van der Waals surface area contributed by atoms with Crippen LogP contribution in [0.5, 0.6) is 0 Å². The number of hydrogen-bond acceptors (Lipinski definition) is 4. The van der Waals surface area contributed by atoms with E-state index in [0.717, 1.165) is 0 Å². The highest BCUT2D eigenvalue weighted by atomic mass is 32.2. The van der Waals surface area contributed by atoms with Gasteiger partial charge in [0.05, 0.1) is 4.90 Å². The van der Waals surface area contributed by atoms with E-state index < -0.39 is 16.0 Å². The second kappa shape index (κ2) is 8.18. The molecular formula is C18H26N2O5S. The molecule has 0 spiro atoms. The molecule has 1 amide bonds. The highest BCUT2D eigenvalue weighted by molar-refractivity contribution is 7.89. The van der Waals surface area contributed by atoms with Crippen LogP contribution in [-0.2, 0) is 14.8 Å². The quantitative estimate of drug-likeness (QED) is 0.812. The second-order valence-corrected chi connectivity index (χ2v) is 8.97. The van der Waals surface area contributed by atoms with Gasteiger partial charge in [0, 0.05) is 38.2 Å². The van der Waals surface area contributed by atoms with E-state index in [0.29, 0.717) is 31.5 Å². The molecule has 0 unspecified atom stereocenters. The number of carboxylic acid groups (broad SMARTS) is 1. The van der Waals surface area contributed by atoms with Gasteiger partial charge in [-0.3, -0.25) is 9.59 Å². The predicted molar refractivity (Wildman–Crippen MR) is 97.4 cm³/mol. The molecule has 0 atom stereocenters. The van der Waals surface area contributed by atoms with Gasteiger partial charge in [0.25, 0.3) is 5.91 Å². The van der Waals surface area contributed by atoms with Crippen molar-refractivity contribution in [2.24, 2.45) is 5.92 Å². The Kier molecular flexibility index (Phi) is 6.41. The topological polar surface area (TPSA) is 95.0 Å². The summed E-state index contributed by atoms with van der Waals surface area (Å²) in [4.78, 5) is 25.3. The third kappa shape index (κ3) is 4.62. The fourth-order valence-corrected chi connectivity index (χ4v) is 4.42. The normalized spacial score (nSPS) is 16.3. The molecule has 1 aromatic rings. The zero-order valence-electron chi connectivity index (χ0n) is 15.4. The number of amides is 1. The zero-order valence-corrected chi connectivity index (χ0v) is 16.2. The van der Waals surface area contributed by atoms with Crippen molar-refractivity contribution in [2.75, 3.05) is 20.1 Å². The van der Waals surface area contributed by atoms with Gasteiger partial charge in [-0.2, -0.15) is 4.31 Å². The molecule has 0 bridgehead atoms. The summed E-state index contributed by atoms with van der Waals surface area (Å²) in [7, 11) is -2.13. The molecule has 0 radical (unpaired) electrons. The van der Waals surface area contributed by atoms with Crippen LogP contribution in [0.2, 0.25) is 0 Å². The Morgan fingerprint density at radius 3 is 2.42 bits per heavy atom. The van der Waals surface area contributed by atoms with E-state index in [2.05, 4.69) is 0 Å². The lowest BCUT2D eigenvalue weighted by molar-refractivity contribution is -0.138. The lowest BCUT2D eigenvalue weighted by atomic mass is 9.93. The number of rotatable bonds is 6. The minimum atomic E-state index is -3.65. The molecule has 1 fully saturated rings. The molecule has 1 aliphatic rings. The van der Waals surface area contributed by atoms with Gasteiger partial charge in [0.1, 0.15) is 0 Å². The molecule has 1 aromatic carbocycles. The van der Waals surface area contributed by atoms with Crippen molar-refractivity contribution in [2.45, 2.75) is 44.0 Å². The first-order valence-corrected chi connectivity index (χ1v) is 10.2. The van der Waals surface area contributed by atoms with Crippen LogP contribution in [0.15, 0.2) is 29.2 Å². The molecule has 0 aliphatic carbocycles. The average Bonchev–Trinajstić information content (AvgIpc) is 2.60. The van der Waals surface area contributed by atoms with Gasteiger partial charge in [0.2, 0.25) is 10.0 Å². The molecule has 1 N–H and O–H groups in total. The van der Waals surface area contributed by atoms with Gasteiger partial charge in [-0.1, -0.05) is 6.07 Å². The molecule has 1 aliphatic heterocycles. The molecule has 144 valence electrons. The van der Waals surface area contributed by atoms with E-state index in [1.165, 1.54) is 23.5 Å². The molecule has 2 rings (SSSR count). The van der Waals surface area contributed by atoms with Crippen molar-refractivity contribution in [1.29, 1.82) is 0 Å². The van der Waals surface area contributed by atoms with Crippen molar-refractivity contribution in [3.63, 3.8) is 0 Å². The average molecular weight is 382 g/mol. The maximum absolute atomic E-state index is 12.7. The molecular weight excluding hydrogens is 356 g/mol. The Bertz CT molecular complexity index is 768. The number of nitrogens with zero attached hydrogens (tertiary/aromatic N) is 2. The Labute approximate surface area is 154 Å². The van der Waals surface area contributed by atoms with Gasteiger partial charge in [-0.05, 0) is 50.8 Å². The van der Waals surface area contributed by atoms with Gasteiger partial charge < -0.3 is 10.0 Å². The Morgan fingerprint density at radius 1 is 1.27 bits per heavy atom. The third-order valence-electron chi connectivity index (χ3n) is 4.85. The first kappa shape index (κ1) is 20.4. The molecule has 0 aromatic heterocycles. The van der Waals surface area contributed by atoms with Gasteiger partial charge in [0.15, 0.2) is 0 Å². The van der Waals surface area contributed by atoms with E-state index in [1.54, 1.807) is 30.9 Å². The fourth-order valence-electron chi connectivity index (χ4n) is 3.00. The van der Waals surface area contributed by atoms with Crippen LogP contribution in [0.3, 0.4) is 0 Å². The highest BCUT2D eigenvalue weighted by Gasteiger charge is 2.27. The number of piperidine rings is 1. The largest absolute Gasteiger partial charge is 0.481 e. The number of sulfonamides is 1. The minimum absolute atomic E-state index is 0.0861. The monoisotopic (exact) mass is 382 g/mol. The lowest BCUT2D eigenvalue weighted by Crippen LogP contribution is -2.39. The number of carbonyl (C=O) groups excluding carboxylic acids is 1. The summed E-state index contributed by atoms with van der Waals surface area (Å²) in [5.74, 6) is -0.951. The molecule has 0 saturated carbocycles. The summed E-state index contributed by atoms with van der Waals surface area (Å²) in [5, 5.41) is 8.87. The summed E-state index contributed by atoms with van der Waals surface area (Å²) < 4.78 is 26.5. The van der Waals surface area contributed by atoms with Crippen molar-refractivity contribution < 1.29 is 23.1 Å². The fraction of sp³-hybridized carbons (Fsp3) is 0.556. The summed E-state index contributed by atoms with van der Waals surface area (Å²) in [6, 6.07) is 5.91. The second-order valence-electron chi connectivity index (χ2n) is 6.98. The Balaban J connectivity index is 2.13. The molecule has 7 nitrogen and oxygen atoms in total. The number of likely N-dealkylation sites (tertiary alicyclic amines) is 1. The van der Waals surface area contributed by atoms with E-state index in [4.69, 9.17) is 5.11 Å². The third-order valence-corrected chi connectivity index (χ3v) is 6.88. The smallest absolute Gasteiger partial charge is 0.303 e. The maximum Gasteiger partial charge on any atom is 0.303 e. The standard InChI is InChI=1S/C18H26N2O5S/c1-13(2)19(3)26(24,25)16-6-4-5-15(12-16)18(23)20-9-7-14(8-10-20)11-17(21)22/h4-6,12-14H,7-11H2,1-3H3,(H,21,22). The van der Waals surface area contributed by atoms with E-state index >= 15 is 0 Å². The summed E-state index contributed by atoms with van der Waals surface area (Å²) in [5.41, 5.74) is 0.333. The number of aliphatic carboxylic acids is 1. The van der Waals surface area contributed by atoms with Crippen LogP contribution in [0.1, 0.15) is 43.5 Å². The van der Waals surface area contributed by atoms with Crippen LogP contribution in [0.25, 0.3) is 0 Å². The first-order valence-electron chi connectivity index (χ1n) is 8.72. The van der Waals surface area contributed by atoms with Crippen LogP contribution < -0.4 is 0 Å².